The van der Waals surface area contributed by atoms with E-state index < -0.39 is 0 Å². The maximum absolute atomic E-state index is 11.2. The number of piperidine rings is 1. The quantitative estimate of drug-likeness (QED) is 0.614. The first-order chi connectivity index (χ1) is 6.15. The molecule has 4 nitrogen and oxygen atoms in total. The lowest BCUT2D eigenvalue weighted by Crippen LogP contribution is -2.43. The summed E-state index contributed by atoms with van der Waals surface area (Å²) in [6.45, 7) is 3.39. The highest BCUT2D eigenvalue weighted by molar-refractivity contribution is 5.78. The Morgan fingerprint density at radius 1 is 1.62 bits per heavy atom. The number of carbonyl (C=O) groups is 1. The number of likely N-dealkylation sites (tertiary alicyclic amines) is 1. The van der Waals surface area contributed by atoms with Gasteiger partial charge >= 0.3 is 0 Å². The molecule has 1 aliphatic rings. The van der Waals surface area contributed by atoms with Crippen LogP contribution < -0.4 is 5.73 Å². The van der Waals surface area contributed by atoms with E-state index in [0.717, 1.165) is 25.9 Å². The Kier molecular flexibility index (Phi) is 3.69. The molecule has 1 rings (SSSR count). The van der Waals surface area contributed by atoms with Gasteiger partial charge in [0.25, 0.3) is 0 Å². The van der Waals surface area contributed by atoms with E-state index in [-0.39, 0.29) is 18.6 Å². The summed E-state index contributed by atoms with van der Waals surface area (Å²) in [5.74, 6) is 0.367. The predicted molar refractivity (Wildman–Crippen MR) is 50.0 cm³/mol. The number of nitrogens with two attached hydrogens (primary N) is 1. The molecule has 1 amide bonds. The van der Waals surface area contributed by atoms with Crippen LogP contribution in [0, 0.1) is 5.92 Å². The van der Waals surface area contributed by atoms with Gasteiger partial charge < -0.3 is 15.7 Å². The third-order valence-corrected chi connectivity index (χ3v) is 2.75. The zero-order chi connectivity index (χ0) is 9.84. The molecule has 0 aliphatic carbocycles. The minimum absolute atomic E-state index is 0.0176. The first kappa shape index (κ1) is 10.5. The lowest BCUT2D eigenvalue weighted by Gasteiger charge is -2.33. The van der Waals surface area contributed by atoms with Crippen LogP contribution in [-0.4, -0.2) is 41.7 Å². The van der Waals surface area contributed by atoms with Crippen LogP contribution in [0.1, 0.15) is 19.8 Å². The van der Waals surface area contributed by atoms with Gasteiger partial charge in [-0.3, -0.25) is 4.79 Å². The second kappa shape index (κ2) is 4.58. The summed E-state index contributed by atoms with van der Waals surface area (Å²) in [6, 6.07) is 0. The summed E-state index contributed by atoms with van der Waals surface area (Å²) in [5.41, 5.74) is 5.26. The van der Waals surface area contributed by atoms with Crippen LogP contribution in [0.5, 0.6) is 0 Å². The average Bonchev–Trinajstić information content (AvgIpc) is 2.17. The van der Waals surface area contributed by atoms with E-state index in [1.807, 2.05) is 6.92 Å². The number of rotatable bonds is 2. The highest BCUT2D eigenvalue weighted by Crippen LogP contribution is 2.20. The standard InChI is InChI=1S/C9H18N2O2/c1-7(12)8-2-4-11(5-3-8)9(13)6-10/h7-8,12H,2-6,10H2,1H3. The Morgan fingerprint density at radius 3 is 2.54 bits per heavy atom. The van der Waals surface area contributed by atoms with Crippen molar-refractivity contribution in [3.8, 4) is 0 Å². The summed E-state index contributed by atoms with van der Waals surface area (Å²) in [5, 5.41) is 9.33. The molecule has 1 saturated heterocycles. The van der Waals surface area contributed by atoms with Crippen molar-refractivity contribution in [1.29, 1.82) is 0 Å². The molecule has 1 heterocycles. The summed E-state index contributed by atoms with van der Waals surface area (Å²) < 4.78 is 0. The zero-order valence-electron chi connectivity index (χ0n) is 8.07. The van der Waals surface area contributed by atoms with E-state index in [1.54, 1.807) is 4.90 Å². The Hall–Kier alpha value is -0.610. The van der Waals surface area contributed by atoms with E-state index in [9.17, 15) is 9.90 Å². The van der Waals surface area contributed by atoms with Gasteiger partial charge in [0.05, 0.1) is 12.6 Å². The molecule has 13 heavy (non-hydrogen) atoms. The number of aliphatic hydroxyl groups is 1. The summed E-state index contributed by atoms with van der Waals surface area (Å²) in [6.07, 6.45) is 1.53. The molecule has 1 fully saturated rings. The summed E-state index contributed by atoms with van der Waals surface area (Å²) >= 11 is 0. The Morgan fingerprint density at radius 2 is 2.15 bits per heavy atom. The van der Waals surface area contributed by atoms with Gasteiger partial charge in [-0.25, -0.2) is 0 Å². The normalized spacial score (nSPS) is 21.6. The number of nitrogens with zero attached hydrogens (tertiary/aromatic N) is 1. The van der Waals surface area contributed by atoms with E-state index >= 15 is 0 Å². The number of carbonyl (C=O) groups excluding carboxylic acids is 1. The van der Waals surface area contributed by atoms with Crippen LogP contribution in [0.2, 0.25) is 0 Å². The largest absolute Gasteiger partial charge is 0.393 e. The van der Waals surface area contributed by atoms with Crippen molar-refractivity contribution in [2.24, 2.45) is 11.7 Å². The molecular formula is C9H18N2O2. The second-order valence-electron chi connectivity index (χ2n) is 3.66. The summed E-state index contributed by atoms with van der Waals surface area (Å²) in [4.78, 5) is 13.0. The van der Waals surface area contributed by atoms with Gasteiger partial charge in [-0.1, -0.05) is 0 Å². The SMILES string of the molecule is CC(O)C1CCN(C(=O)CN)CC1. The third-order valence-electron chi connectivity index (χ3n) is 2.75. The van der Waals surface area contributed by atoms with E-state index in [0.29, 0.717) is 5.92 Å². The fourth-order valence-corrected chi connectivity index (χ4v) is 1.76. The average molecular weight is 186 g/mol. The van der Waals surface area contributed by atoms with Crippen LogP contribution in [0.15, 0.2) is 0 Å². The van der Waals surface area contributed by atoms with Gasteiger partial charge in [-0.15, -0.1) is 0 Å². The van der Waals surface area contributed by atoms with Crippen LogP contribution in [0.4, 0.5) is 0 Å². The van der Waals surface area contributed by atoms with Crippen molar-refractivity contribution in [3.63, 3.8) is 0 Å². The molecule has 1 atom stereocenters. The monoisotopic (exact) mass is 186 g/mol. The van der Waals surface area contributed by atoms with Crippen LogP contribution >= 0.6 is 0 Å². The highest BCUT2D eigenvalue weighted by atomic mass is 16.3. The van der Waals surface area contributed by atoms with Gasteiger partial charge in [0.2, 0.25) is 5.91 Å². The van der Waals surface area contributed by atoms with Crippen molar-refractivity contribution in [1.82, 2.24) is 4.90 Å². The van der Waals surface area contributed by atoms with E-state index in [4.69, 9.17) is 5.73 Å². The number of hydrogen-bond acceptors (Lipinski definition) is 3. The van der Waals surface area contributed by atoms with Crippen molar-refractivity contribution in [3.05, 3.63) is 0 Å². The van der Waals surface area contributed by atoms with Crippen molar-refractivity contribution < 1.29 is 9.90 Å². The maximum Gasteiger partial charge on any atom is 0.236 e. The lowest BCUT2D eigenvalue weighted by molar-refractivity contribution is -0.131. The molecule has 0 radical (unpaired) electrons. The fraction of sp³-hybridized carbons (Fsp3) is 0.889. The first-order valence-electron chi connectivity index (χ1n) is 4.81. The van der Waals surface area contributed by atoms with E-state index in [1.165, 1.54) is 0 Å². The molecule has 0 aromatic heterocycles. The molecular weight excluding hydrogens is 168 g/mol. The number of hydrogen-bond donors (Lipinski definition) is 2. The molecule has 3 N–H and O–H groups in total. The molecule has 0 saturated carbocycles. The molecule has 1 aliphatic heterocycles. The van der Waals surface area contributed by atoms with Crippen molar-refractivity contribution in [2.45, 2.75) is 25.9 Å². The van der Waals surface area contributed by atoms with Gasteiger partial charge in [-0.05, 0) is 25.7 Å². The van der Waals surface area contributed by atoms with Crippen LogP contribution in [0.3, 0.4) is 0 Å². The molecule has 0 spiro atoms. The second-order valence-corrected chi connectivity index (χ2v) is 3.66. The fourth-order valence-electron chi connectivity index (χ4n) is 1.76. The third kappa shape index (κ3) is 2.67. The predicted octanol–water partition coefficient (Wildman–Crippen LogP) is -0.435. The van der Waals surface area contributed by atoms with Crippen LogP contribution in [0.25, 0.3) is 0 Å². The molecule has 4 heteroatoms. The Bertz CT molecular complexity index is 174. The Balaban J connectivity index is 2.34. The minimum Gasteiger partial charge on any atom is -0.393 e. The number of aliphatic hydroxyl groups excluding tert-OH is 1. The maximum atomic E-state index is 11.2. The topological polar surface area (TPSA) is 66.6 Å². The van der Waals surface area contributed by atoms with Crippen molar-refractivity contribution >= 4 is 5.91 Å². The first-order valence-corrected chi connectivity index (χ1v) is 4.81. The molecule has 0 aromatic carbocycles. The molecule has 0 aromatic rings. The van der Waals surface area contributed by atoms with E-state index in [2.05, 4.69) is 0 Å². The van der Waals surface area contributed by atoms with Gasteiger partial charge in [0.15, 0.2) is 0 Å². The van der Waals surface area contributed by atoms with Gasteiger partial charge in [0, 0.05) is 13.1 Å². The minimum atomic E-state index is -0.255. The molecule has 1 unspecified atom stereocenters. The van der Waals surface area contributed by atoms with Crippen LogP contribution in [-0.2, 0) is 4.79 Å². The Labute approximate surface area is 78.7 Å². The molecule has 0 bridgehead atoms. The summed E-state index contributed by atoms with van der Waals surface area (Å²) in [7, 11) is 0. The molecule has 76 valence electrons. The van der Waals surface area contributed by atoms with Gasteiger partial charge in [0.1, 0.15) is 0 Å². The van der Waals surface area contributed by atoms with Gasteiger partial charge in [-0.2, -0.15) is 0 Å². The lowest BCUT2D eigenvalue weighted by atomic mass is 9.92. The zero-order valence-corrected chi connectivity index (χ0v) is 8.07. The van der Waals surface area contributed by atoms with Crippen molar-refractivity contribution in [2.75, 3.05) is 19.6 Å². The number of amides is 1. The highest BCUT2D eigenvalue weighted by Gasteiger charge is 2.24. The smallest absolute Gasteiger partial charge is 0.236 e.